The molecule has 0 bridgehead atoms. The Balaban J connectivity index is 1.99. The van der Waals surface area contributed by atoms with Gasteiger partial charge < -0.3 is 5.32 Å². The number of hydrogen-bond acceptors (Lipinski definition) is 3. The number of nitrogens with zero attached hydrogens (tertiary/aromatic N) is 1. The molecule has 0 radical (unpaired) electrons. The molecule has 2 rings (SSSR count). The number of aryl methyl sites for hydroxylation is 1. The van der Waals surface area contributed by atoms with Crippen molar-refractivity contribution in [1.82, 2.24) is 10.3 Å². The number of nitrogens with one attached hydrogen (secondary N) is 1. The molecule has 0 amide bonds. The van der Waals surface area contributed by atoms with E-state index in [4.69, 9.17) is 0 Å². The molecule has 0 aliphatic rings. The number of thiazole rings is 1. The molecule has 0 aliphatic heterocycles. The molecule has 2 nitrogen and oxygen atoms in total. The molecule has 18 heavy (non-hydrogen) atoms. The molecule has 1 atom stereocenters. The maximum absolute atomic E-state index is 13.4. The Morgan fingerprint density at radius 1 is 1.39 bits per heavy atom. The fourth-order valence-corrected chi connectivity index (χ4v) is 2.32. The smallest absolute Gasteiger partial charge is 0.130 e. The van der Waals surface area contributed by atoms with Crippen molar-refractivity contribution in [3.63, 3.8) is 0 Å². The molecule has 0 saturated carbocycles. The van der Waals surface area contributed by atoms with Crippen LogP contribution in [0, 0.1) is 18.6 Å². The van der Waals surface area contributed by atoms with E-state index < -0.39 is 11.6 Å². The molecule has 0 aliphatic carbocycles. The molecule has 5 heteroatoms. The summed E-state index contributed by atoms with van der Waals surface area (Å²) in [5, 5.41) is 6.16. The van der Waals surface area contributed by atoms with Crippen LogP contribution < -0.4 is 5.32 Å². The first kappa shape index (κ1) is 13.1. The highest BCUT2D eigenvalue weighted by atomic mass is 32.1. The van der Waals surface area contributed by atoms with Crippen LogP contribution >= 0.6 is 11.3 Å². The number of hydrogen-bond donors (Lipinski definition) is 1. The van der Waals surface area contributed by atoms with E-state index in [2.05, 4.69) is 10.3 Å². The maximum Gasteiger partial charge on any atom is 0.130 e. The SMILES string of the molecule is Cc1nc(C(C)NCc2ccc(F)cc2F)cs1. The summed E-state index contributed by atoms with van der Waals surface area (Å²) in [6, 6.07) is 3.66. The van der Waals surface area contributed by atoms with Crippen molar-refractivity contribution in [2.24, 2.45) is 0 Å². The summed E-state index contributed by atoms with van der Waals surface area (Å²) in [5.41, 5.74) is 1.40. The van der Waals surface area contributed by atoms with Crippen LogP contribution in [-0.4, -0.2) is 4.98 Å². The molecule has 1 N–H and O–H groups in total. The van der Waals surface area contributed by atoms with E-state index in [1.807, 2.05) is 19.2 Å². The first-order valence-electron chi connectivity index (χ1n) is 5.65. The van der Waals surface area contributed by atoms with Gasteiger partial charge in [-0.1, -0.05) is 6.07 Å². The van der Waals surface area contributed by atoms with Gasteiger partial charge >= 0.3 is 0 Å². The van der Waals surface area contributed by atoms with Crippen LogP contribution in [0.2, 0.25) is 0 Å². The normalized spacial score (nSPS) is 12.7. The fraction of sp³-hybridized carbons (Fsp3) is 0.308. The zero-order valence-corrected chi connectivity index (χ0v) is 11.0. The molecular formula is C13H14F2N2S. The largest absolute Gasteiger partial charge is 0.305 e. The van der Waals surface area contributed by atoms with E-state index in [1.54, 1.807) is 11.3 Å². The van der Waals surface area contributed by atoms with Crippen LogP contribution in [0.25, 0.3) is 0 Å². The van der Waals surface area contributed by atoms with Gasteiger partial charge in [0, 0.05) is 29.6 Å². The Kier molecular flexibility index (Phi) is 4.04. The van der Waals surface area contributed by atoms with Crippen molar-refractivity contribution in [3.05, 3.63) is 51.5 Å². The van der Waals surface area contributed by atoms with Crippen LogP contribution in [0.4, 0.5) is 8.78 Å². The average molecular weight is 268 g/mol. The summed E-state index contributed by atoms with van der Waals surface area (Å²) in [5.74, 6) is -1.08. The van der Waals surface area contributed by atoms with Gasteiger partial charge in [0.25, 0.3) is 0 Å². The van der Waals surface area contributed by atoms with Crippen LogP contribution in [0.15, 0.2) is 23.6 Å². The van der Waals surface area contributed by atoms with E-state index in [9.17, 15) is 8.78 Å². The van der Waals surface area contributed by atoms with Crippen molar-refractivity contribution in [1.29, 1.82) is 0 Å². The molecule has 2 aromatic rings. The first-order chi connectivity index (χ1) is 8.56. The van der Waals surface area contributed by atoms with Gasteiger partial charge in [0.15, 0.2) is 0 Å². The molecule has 0 spiro atoms. The summed E-state index contributed by atoms with van der Waals surface area (Å²) in [4.78, 5) is 4.36. The number of aromatic nitrogens is 1. The van der Waals surface area contributed by atoms with Gasteiger partial charge in [0.1, 0.15) is 11.6 Å². The van der Waals surface area contributed by atoms with E-state index >= 15 is 0 Å². The minimum atomic E-state index is -0.556. The van der Waals surface area contributed by atoms with E-state index in [1.165, 1.54) is 12.1 Å². The van der Waals surface area contributed by atoms with Gasteiger partial charge in [-0.3, -0.25) is 0 Å². The molecule has 1 heterocycles. The Labute approximate surface area is 109 Å². The Morgan fingerprint density at radius 3 is 2.78 bits per heavy atom. The van der Waals surface area contributed by atoms with Crippen LogP contribution in [0.5, 0.6) is 0 Å². The van der Waals surface area contributed by atoms with Crippen LogP contribution in [0.3, 0.4) is 0 Å². The summed E-state index contributed by atoms with van der Waals surface area (Å²) in [6.07, 6.45) is 0. The standard InChI is InChI=1S/C13H14F2N2S/c1-8(13-7-18-9(2)17-13)16-6-10-3-4-11(14)5-12(10)15/h3-5,7-8,16H,6H2,1-2H3. The van der Waals surface area contributed by atoms with E-state index in [-0.39, 0.29) is 6.04 Å². The van der Waals surface area contributed by atoms with Crippen LogP contribution in [0.1, 0.15) is 29.2 Å². The van der Waals surface area contributed by atoms with Gasteiger partial charge in [-0.25, -0.2) is 13.8 Å². The average Bonchev–Trinajstić information content (AvgIpc) is 2.74. The zero-order chi connectivity index (χ0) is 13.1. The van der Waals surface area contributed by atoms with Crippen LogP contribution in [-0.2, 0) is 6.54 Å². The van der Waals surface area contributed by atoms with Crippen molar-refractivity contribution in [3.8, 4) is 0 Å². The quantitative estimate of drug-likeness (QED) is 0.916. The molecule has 96 valence electrons. The summed E-state index contributed by atoms with van der Waals surface area (Å²) >= 11 is 1.58. The lowest BCUT2D eigenvalue weighted by atomic mass is 10.2. The third-order valence-corrected chi connectivity index (χ3v) is 3.49. The highest BCUT2D eigenvalue weighted by Crippen LogP contribution is 2.17. The third-order valence-electron chi connectivity index (χ3n) is 2.69. The first-order valence-corrected chi connectivity index (χ1v) is 6.53. The second-order valence-corrected chi connectivity index (χ2v) is 5.19. The van der Waals surface area contributed by atoms with Gasteiger partial charge in [0.2, 0.25) is 0 Å². The Hall–Kier alpha value is -1.33. The van der Waals surface area contributed by atoms with Gasteiger partial charge in [-0.2, -0.15) is 0 Å². The monoisotopic (exact) mass is 268 g/mol. The summed E-state index contributed by atoms with van der Waals surface area (Å²) < 4.78 is 26.2. The predicted octanol–water partition coefficient (Wildman–Crippen LogP) is 3.58. The van der Waals surface area contributed by atoms with Gasteiger partial charge in [-0.05, 0) is 19.9 Å². The molecule has 1 aromatic carbocycles. The van der Waals surface area contributed by atoms with Crippen molar-refractivity contribution >= 4 is 11.3 Å². The van der Waals surface area contributed by atoms with Gasteiger partial charge in [-0.15, -0.1) is 11.3 Å². The fourth-order valence-electron chi connectivity index (χ4n) is 1.61. The van der Waals surface area contributed by atoms with Crippen molar-refractivity contribution in [2.45, 2.75) is 26.4 Å². The number of halogens is 2. The second-order valence-electron chi connectivity index (χ2n) is 4.13. The lowest BCUT2D eigenvalue weighted by Gasteiger charge is -2.12. The number of benzene rings is 1. The lowest BCUT2D eigenvalue weighted by molar-refractivity contribution is 0.528. The highest BCUT2D eigenvalue weighted by Gasteiger charge is 2.10. The second kappa shape index (κ2) is 5.54. The Morgan fingerprint density at radius 2 is 2.17 bits per heavy atom. The molecule has 1 aromatic heterocycles. The zero-order valence-electron chi connectivity index (χ0n) is 10.2. The van der Waals surface area contributed by atoms with E-state index in [0.29, 0.717) is 12.1 Å². The molecule has 1 unspecified atom stereocenters. The predicted molar refractivity (Wildman–Crippen MR) is 68.5 cm³/mol. The minimum Gasteiger partial charge on any atom is -0.305 e. The molecular weight excluding hydrogens is 254 g/mol. The lowest BCUT2D eigenvalue weighted by Crippen LogP contribution is -2.19. The summed E-state index contributed by atoms with van der Waals surface area (Å²) in [7, 11) is 0. The van der Waals surface area contributed by atoms with E-state index in [0.717, 1.165) is 16.8 Å². The molecule has 0 saturated heterocycles. The van der Waals surface area contributed by atoms with Crippen molar-refractivity contribution in [2.75, 3.05) is 0 Å². The molecule has 0 fully saturated rings. The minimum absolute atomic E-state index is 0.0411. The topological polar surface area (TPSA) is 24.9 Å². The van der Waals surface area contributed by atoms with Crippen molar-refractivity contribution < 1.29 is 8.78 Å². The van der Waals surface area contributed by atoms with Gasteiger partial charge in [0.05, 0.1) is 10.7 Å². The Bertz CT molecular complexity index is 540. The highest BCUT2D eigenvalue weighted by molar-refractivity contribution is 7.09. The maximum atomic E-state index is 13.4. The summed E-state index contributed by atoms with van der Waals surface area (Å²) in [6.45, 7) is 4.26. The number of rotatable bonds is 4. The third kappa shape index (κ3) is 3.11.